The molecule has 1 amide bonds. The second-order valence-corrected chi connectivity index (χ2v) is 9.06. The van der Waals surface area contributed by atoms with Gasteiger partial charge in [0.15, 0.2) is 0 Å². The Balaban J connectivity index is 2.09. The molecule has 0 aliphatic heterocycles. The number of sulfonamides is 1. The molecular formula is C21H28N2O3S. The van der Waals surface area contributed by atoms with E-state index < -0.39 is 10.0 Å². The molecule has 0 saturated heterocycles. The number of carbonyl (C=O) groups excluding carboxylic acids is 1. The molecule has 0 saturated carbocycles. The SMILES string of the molecule is CCCCc1ccc(CC(=O)Nc2cc(S(=O)(=O)N(C)C)ccc2C)cc1. The molecule has 0 heterocycles. The van der Waals surface area contributed by atoms with Gasteiger partial charge in [-0.3, -0.25) is 4.79 Å². The van der Waals surface area contributed by atoms with Gasteiger partial charge in [0.05, 0.1) is 11.3 Å². The van der Waals surface area contributed by atoms with Gasteiger partial charge in [0, 0.05) is 19.8 Å². The number of hydrogen-bond donors (Lipinski definition) is 1. The van der Waals surface area contributed by atoms with Gasteiger partial charge in [0.1, 0.15) is 0 Å². The summed E-state index contributed by atoms with van der Waals surface area (Å²) in [6.07, 6.45) is 3.62. The van der Waals surface area contributed by atoms with Crippen molar-refractivity contribution in [3.63, 3.8) is 0 Å². The number of rotatable bonds is 8. The Morgan fingerprint density at radius 1 is 1.04 bits per heavy atom. The molecule has 2 rings (SSSR count). The molecule has 0 fully saturated rings. The monoisotopic (exact) mass is 388 g/mol. The van der Waals surface area contributed by atoms with E-state index in [9.17, 15) is 13.2 Å². The van der Waals surface area contributed by atoms with Crippen molar-refractivity contribution in [2.24, 2.45) is 0 Å². The molecule has 5 nitrogen and oxygen atoms in total. The number of unbranched alkanes of at least 4 members (excludes halogenated alkanes) is 1. The van der Waals surface area contributed by atoms with E-state index in [0.717, 1.165) is 34.7 Å². The average Bonchev–Trinajstić information content (AvgIpc) is 2.62. The lowest BCUT2D eigenvalue weighted by Gasteiger charge is -2.14. The Bertz CT molecular complexity index is 888. The second kappa shape index (κ2) is 9.15. The first-order valence-electron chi connectivity index (χ1n) is 9.15. The third kappa shape index (κ3) is 5.65. The number of nitrogens with one attached hydrogen (secondary N) is 1. The van der Waals surface area contributed by atoms with Crippen LogP contribution >= 0.6 is 0 Å². The van der Waals surface area contributed by atoms with Crippen LogP contribution in [-0.4, -0.2) is 32.7 Å². The minimum Gasteiger partial charge on any atom is -0.326 e. The predicted octanol–water partition coefficient (Wildman–Crippen LogP) is 3.77. The highest BCUT2D eigenvalue weighted by molar-refractivity contribution is 7.89. The van der Waals surface area contributed by atoms with Crippen LogP contribution < -0.4 is 5.32 Å². The summed E-state index contributed by atoms with van der Waals surface area (Å²) in [6.45, 7) is 4.00. The standard InChI is InChI=1S/C21H28N2O3S/c1-5-6-7-17-9-11-18(12-10-17)14-21(24)22-20-15-19(13-8-16(20)2)27(25,26)23(3)4/h8-13,15H,5-7,14H2,1-4H3,(H,22,24). The van der Waals surface area contributed by atoms with Crippen molar-refractivity contribution in [1.29, 1.82) is 0 Å². The van der Waals surface area contributed by atoms with Crippen molar-refractivity contribution >= 4 is 21.6 Å². The zero-order valence-corrected chi connectivity index (χ0v) is 17.3. The minimum atomic E-state index is -3.54. The fraction of sp³-hybridized carbons (Fsp3) is 0.381. The summed E-state index contributed by atoms with van der Waals surface area (Å²) in [6, 6.07) is 12.8. The summed E-state index contributed by atoms with van der Waals surface area (Å²) in [5.41, 5.74) is 3.54. The Labute approximate surface area is 162 Å². The molecule has 0 atom stereocenters. The van der Waals surface area contributed by atoms with Gasteiger partial charge in [-0.2, -0.15) is 0 Å². The van der Waals surface area contributed by atoms with Gasteiger partial charge in [-0.25, -0.2) is 12.7 Å². The van der Waals surface area contributed by atoms with Crippen molar-refractivity contribution in [3.05, 3.63) is 59.2 Å². The molecular weight excluding hydrogens is 360 g/mol. The summed E-state index contributed by atoms with van der Waals surface area (Å²) in [4.78, 5) is 12.6. The lowest BCUT2D eigenvalue weighted by molar-refractivity contribution is -0.115. The van der Waals surface area contributed by atoms with E-state index in [1.807, 2.05) is 19.1 Å². The number of benzene rings is 2. The summed E-state index contributed by atoms with van der Waals surface area (Å²) in [7, 11) is -0.574. The number of amides is 1. The third-order valence-corrected chi connectivity index (χ3v) is 6.28. The first-order valence-corrected chi connectivity index (χ1v) is 10.6. The van der Waals surface area contributed by atoms with E-state index in [-0.39, 0.29) is 17.2 Å². The van der Waals surface area contributed by atoms with Crippen LogP contribution in [0.2, 0.25) is 0 Å². The maximum atomic E-state index is 12.4. The molecule has 0 aliphatic carbocycles. The number of nitrogens with zero attached hydrogens (tertiary/aromatic N) is 1. The van der Waals surface area contributed by atoms with Crippen LogP contribution in [0.5, 0.6) is 0 Å². The lowest BCUT2D eigenvalue weighted by Crippen LogP contribution is -2.22. The maximum Gasteiger partial charge on any atom is 0.242 e. The molecule has 2 aromatic rings. The van der Waals surface area contributed by atoms with Crippen LogP contribution in [-0.2, 0) is 27.7 Å². The zero-order valence-electron chi connectivity index (χ0n) is 16.5. The predicted molar refractivity (Wildman–Crippen MR) is 109 cm³/mol. The van der Waals surface area contributed by atoms with E-state index >= 15 is 0 Å². The topological polar surface area (TPSA) is 66.5 Å². The Morgan fingerprint density at radius 3 is 2.26 bits per heavy atom. The highest BCUT2D eigenvalue weighted by Gasteiger charge is 2.18. The fourth-order valence-electron chi connectivity index (χ4n) is 2.69. The third-order valence-electron chi connectivity index (χ3n) is 4.47. The summed E-state index contributed by atoms with van der Waals surface area (Å²) in [5.74, 6) is -0.168. The molecule has 2 aromatic carbocycles. The van der Waals surface area contributed by atoms with Gasteiger partial charge in [0.25, 0.3) is 0 Å². The largest absolute Gasteiger partial charge is 0.326 e. The molecule has 0 aromatic heterocycles. The number of aryl methyl sites for hydroxylation is 2. The normalized spacial score (nSPS) is 11.6. The van der Waals surface area contributed by atoms with Crippen molar-refractivity contribution in [1.82, 2.24) is 4.31 Å². The minimum absolute atomic E-state index is 0.161. The van der Waals surface area contributed by atoms with Gasteiger partial charge in [-0.1, -0.05) is 43.7 Å². The quantitative estimate of drug-likeness (QED) is 0.749. The zero-order chi connectivity index (χ0) is 20.0. The van der Waals surface area contributed by atoms with Gasteiger partial charge < -0.3 is 5.32 Å². The molecule has 0 aliphatic rings. The van der Waals surface area contributed by atoms with Crippen LogP contribution in [0.4, 0.5) is 5.69 Å². The molecule has 1 N–H and O–H groups in total. The van der Waals surface area contributed by atoms with E-state index in [2.05, 4.69) is 24.4 Å². The molecule has 0 unspecified atom stereocenters. The van der Waals surface area contributed by atoms with Crippen LogP contribution in [0.15, 0.2) is 47.4 Å². The number of hydrogen-bond acceptors (Lipinski definition) is 3. The van der Waals surface area contributed by atoms with E-state index in [0.29, 0.717) is 5.69 Å². The van der Waals surface area contributed by atoms with Crippen molar-refractivity contribution in [3.8, 4) is 0 Å². The lowest BCUT2D eigenvalue weighted by atomic mass is 10.0. The van der Waals surface area contributed by atoms with Crippen LogP contribution in [0.3, 0.4) is 0 Å². The molecule has 146 valence electrons. The number of anilines is 1. The van der Waals surface area contributed by atoms with Gasteiger partial charge in [-0.15, -0.1) is 0 Å². The summed E-state index contributed by atoms with van der Waals surface area (Å²) >= 11 is 0. The van der Waals surface area contributed by atoms with Gasteiger partial charge >= 0.3 is 0 Å². The van der Waals surface area contributed by atoms with Crippen LogP contribution in [0, 0.1) is 6.92 Å². The summed E-state index contributed by atoms with van der Waals surface area (Å²) < 4.78 is 25.7. The van der Waals surface area contributed by atoms with Gasteiger partial charge in [0.2, 0.25) is 15.9 Å². The average molecular weight is 389 g/mol. The van der Waals surface area contributed by atoms with Crippen molar-refractivity contribution in [2.75, 3.05) is 19.4 Å². The van der Waals surface area contributed by atoms with Gasteiger partial charge in [-0.05, 0) is 48.6 Å². The molecule has 0 bridgehead atoms. The smallest absolute Gasteiger partial charge is 0.242 e. The van der Waals surface area contributed by atoms with E-state index in [1.165, 1.54) is 25.7 Å². The molecule has 27 heavy (non-hydrogen) atoms. The van der Waals surface area contributed by atoms with Crippen molar-refractivity contribution < 1.29 is 13.2 Å². The Kier molecular flexibility index (Phi) is 7.16. The summed E-state index contributed by atoms with van der Waals surface area (Å²) in [5, 5.41) is 2.84. The molecule has 0 spiro atoms. The van der Waals surface area contributed by atoms with E-state index in [4.69, 9.17) is 0 Å². The maximum absolute atomic E-state index is 12.4. The molecule has 6 heteroatoms. The Hall–Kier alpha value is -2.18. The highest BCUT2D eigenvalue weighted by Crippen LogP contribution is 2.22. The first-order chi connectivity index (χ1) is 12.7. The molecule has 0 radical (unpaired) electrons. The van der Waals surface area contributed by atoms with Crippen LogP contribution in [0.25, 0.3) is 0 Å². The van der Waals surface area contributed by atoms with E-state index in [1.54, 1.807) is 12.1 Å². The fourth-order valence-corrected chi connectivity index (χ4v) is 3.62. The number of carbonyl (C=O) groups is 1. The highest BCUT2D eigenvalue weighted by atomic mass is 32.2. The van der Waals surface area contributed by atoms with Crippen molar-refractivity contribution in [2.45, 2.75) is 44.4 Å². The Morgan fingerprint density at radius 2 is 1.67 bits per heavy atom. The second-order valence-electron chi connectivity index (χ2n) is 6.91. The van der Waals surface area contributed by atoms with Crippen LogP contribution in [0.1, 0.15) is 36.5 Å². The first kappa shape index (κ1) is 21.1.